The Morgan fingerprint density at radius 1 is 1.04 bits per heavy atom. The molecule has 0 aliphatic heterocycles. The molecular formula is C18H25N3O4. The first kappa shape index (κ1) is 18.9. The number of hydrogen-bond donors (Lipinski definition) is 2. The molecule has 0 spiro atoms. The number of primary amides is 2. The van der Waals surface area contributed by atoms with Crippen molar-refractivity contribution in [3.63, 3.8) is 0 Å². The average Bonchev–Trinajstić information content (AvgIpc) is 2.52. The third-order valence-electron chi connectivity index (χ3n) is 5.27. The lowest BCUT2D eigenvalue weighted by atomic mass is 9.67. The topological polar surface area (TPSA) is 129 Å². The summed E-state index contributed by atoms with van der Waals surface area (Å²) in [6.07, 6.45) is 3.50. The number of hydrogen-bond acceptors (Lipinski definition) is 4. The molecule has 1 aromatic rings. The summed E-state index contributed by atoms with van der Waals surface area (Å²) in [6, 6.07) is 2.31. The van der Waals surface area contributed by atoms with Gasteiger partial charge in [-0.2, -0.15) is 0 Å². The van der Waals surface area contributed by atoms with E-state index in [-0.39, 0.29) is 28.1 Å². The zero-order valence-corrected chi connectivity index (χ0v) is 14.9. The molecule has 1 aromatic carbocycles. The summed E-state index contributed by atoms with van der Waals surface area (Å²) >= 11 is 0. The second kappa shape index (κ2) is 6.82. The van der Waals surface area contributed by atoms with Crippen molar-refractivity contribution in [2.24, 2.45) is 22.8 Å². The lowest BCUT2D eigenvalue weighted by Crippen LogP contribution is -2.28. The Morgan fingerprint density at radius 3 is 1.80 bits per heavy atom. The number of rotatable bonds is 4. The van der Waals surface area contributed by atoms with E-state index in [4.69, 9.17) is 11.5 Å². The smallest absolute Gasteiger partial charge is 0.271 e. The van der Waals surface area contributed by atoms with E-state index in [2.05, 4.69) is 20.8 Å². The van der Waals surface area contributed by atoms with Crippen molar-refractivity contribution in [2.75, 3.05) is 0 Å². The Bertz CT molecular complexity index is 679. The van der Waals surface area contributed by atoms with Gasteiger partial charge in [-0.05, 0) is 48.5 Å². The molecule has 2 rings (SSSR count). The number of nitro groups is 1. The van der Waals surface area contributed by atoms with E-state index in [0.29, 0.717) is 11.5 Å². The van der Waals surface area contributed by atoms with Crippen molar-refractivity contribution in [1.82, 2.24) is 0 Å². The Balaban J connectivity index is 2.48. The molecule has 0 unspecified atom stereocenters. The molecule has 0 aromatic heterocycles. The van der Waals surface area contributed by atoms with Gasteiger partial charge in [-0.15, -0.1) is 0 Å². The maximum Gasteiger partial charge on any atom is 0.271 e. The molecule has 0 saturated heterocycles. The number of amides is 2. The molecule has 1 aliphatic rings. The highest BCUT2D eigenvalue weighted by atomic mass is 16.6. The van der Waals surface area contributed by atoms with Crippen LogP contribution in [0.25, 0.3) is 0 Å². The van der Waals surface area contributed by atoms with Gasteiger partial charge < -0.3 is 11.5 Å². The highest BCUT2D eigenvalue weighted by Crippen LogP contribution is 2.45. The largest absolute Gasteiger partial charge is 0.366 e. The van der Waals surface area contributed by atoms with Crippen LogP contribution in [0.3, 0.4) is 0 Å². The van der Waals surface area contributed by atoms with Crippen LogP contribution in [0.1, 0.15) is 78.7 Å². The van der Waals surface area contributed by atoms with Gasteiger partial charge in [0.1, 0.15) is 0 Å². The van der Waals surface area contributed by atoms with Crippen LogP contribution in [0.2, 0.25) is 0 Å². The minimum absolute atomic E-state index is 0.0298. The second-order valence-electron chi connectivity index (χ2n) is 7.85. The first-order chi connectivity index (χ1) is 11.5. The molecular weight excluding hydrogens is 322 g/mol. The van der Waals surface area contributed by atoms with Gasteiger partial charge in [0.15, 0.2) is 0 Å². The van der Waals surface area contributed by atoms with Gasteiger partial charge in [-0.25, -0.2) is 0 Å². The molecule has 7 heteroatoms. The van der Waals surface area contributed by atoms with Crippen LogP contribution < -0.4 is 11.5 Å². The molecule has 1 aliphatic carbocycles. The van der Waals surface area contributed by atoms with Crippen LogP contribution >= 0.6 is 0 Å². The maximum atomic E-state index is 11.9. The molecule has 0 bridgehead atoms. The van der Waals surface area contributed by atoms with Crippen LogP contribution in [0.5, 0.6) is 0 Å². The molecule has 1 fully saturated rings. The van der Waals surface area contributed by atoms with Gasteiger partial charge in [-0.1, -0.05) is 20.8 Å². The number of non-ortho nitro benzene ring substituents is 1. The van der Waals surface area contributed by atoms with Gasteiger partial charge in [0, 0.05) is 12.1 Å². The minimum atomic E-state index is -0.779. The van der Waals surface area contributed by atoms with Crippen LogP contribution in [0.4, 0.5) is 5.69 Å². The minimum Gasteiger partial charge on any atom is -0.366 e. The van der Waals surface area contributed by atoms with Gasteiger partial charge in [-0.3, -0.25) is 19.7 Å². The fraction of sp³-hybridized carbons (Fsp3) is 0.556. The third kappa shape index (κ3) is 3.97. The highest BCUT2D eigenvalue weighted by molar-refractivity contribution is 6.02. The average molecular weight is 347 g/mol. The Morgan fingerprint density at radius 2 is 1.48 bits per heavy atom. The number of nitrogens with zero attached hydrogens (tertiary/aromatic N) is 1. The summed E-state index contributed by atoms with van der Waals surface area (Å²) in [6.45, 7) is 6.61. The summed E-state index contributed by atoms with van der Waals surface area (Å²) in [5, 5.41) is 11.1. The Labute approximate surface area is 146 Å². The fourth-order valence-electron chi connectivity index (χ4n) is 3.84. The van der Waals surface area contributed by atoms with Crippen molar-refractivity contribution >= 4 is 17.5 Å². The van der Waals surface area contributed by atoms with Crippen molar-refractivity contribution in [3.05, 3.63) is 38.9 Å². The number of nitrogens with two attached hydrogens (primary N) is 2. The molecule has 7 nitrogen and oxygen atoms in total. The number of carbonyl (C=O) groups is 2. The predicted octanol–water partition coefficient (Wildman–Crippen LogP) is 3.11. The molecule has 0 radical (unpaired) electrons. The van der Waals surface area contributed by atoms with E-state index in [1.807, 2.05) is 0 Å². The lowest BCUT2D eigenvalue weighted by Gasteiger charge is -2.37. The lowest BCUT2D eigenvalue weighted by molar-refractivity contribution is -0.384. The molecule has 25 heavy (non-hydrogen) atoms. The maximum absolute atomic E-state index is 11.9. The predicted molar refractivity (Wildman–Crippen MR) is 94.3 cm³/mol. The quantitative estimate of drug-likeness (QED) is 0.640. The Hall–Kier alpha value is -2.44. The zero-order valence-electron chi connectivity index (χ0n) is 14.9. The van der Waals surface area contributed by atoms with Crippen LogP contribution in [0.15, 0.2) is 12.1 Å². The second-order valence-corrected chi connectivity index (χ2v) is 7.85. The summed E-state index contributed by atoms with van der Waals surface area (Å²) in [7, 11) is 0. The third-order valence-corrected chi connectivity index (χ3v) is 5.27. The summed E-state index contributed by atoms with van der Waals surface area (Å²) < 4.78 is 0. The van der Waals surface area contributed by atoms with Crippen LogP contribution in [0, 0.1) is 21.4 Å². The fourth-order valence-corrected chi connectivity index (χ4v) is 3.84. The van der Waals surface area contributed by atoms with Gasteiger partial charge in [0.25, 0.3) is 5.69 Å². The zero-order chi connectivity index (χ0) is 18.9. The number of benzene rings is 1. The van der Waals surface area contributed by atoms with E-state index in [1.54, 1.807) is 0 Å². The summed E-state index contributed by atoms with van der Waals surface area (Å²) in [4.78, 5) is 34.2. The van der Waals surface area contributed by atoms with Crippen LogP contribution in [-0.2, 0) is 0 Å². The molecule has 0 atom stereocenters. The first-order valence-electron chi connectivity index (χ1n) is 8.44. The van der Waals surface area contributed by atoms with Crippen molar-refractivity contribution in [1.29, 1.82) is 0 Å². The Kier molecular flexibility index (Phi) is 5.15. The highest BCUT2D eigenvalue weighted by Gasteiger charge is 2.34. The van der Waals surface area contributed by atoms with E-state index >= 15 is 0 Å². The van der Waals surface area contributed by atoms with E-state index in [0.717, 1.165) is 37.8 Å². The molecule has 4 N–H and O–H groups in total. The number of nitro benzene ring substituents is 1. The summed E-state index contributed by atoms with van der Waals surface area (Å²) in [5.41, 5.74) is 11.3. The van der Waals surface area contributed by atoms with Crippen molar-refractivity contribution in [3.8, 4) is 0 Å². The normalized spacial score (nSPS) is 20.9. The molecule has 2 amide bonds. The van der Waals surface area contributed by atoms with E-state index in [1.165, 1.54) is 0 Å². The van der Waals surface area contributed by atoms with Crippen molar-refractivity contribution in [2.45, 2.75) is 52.4 Å². The first-order valence-corrected chi connectivity index (χ1v) is 8.44. The van der Waals surface area contributed by atoms with E-state index < -0.39 is 16.7 Å². The number of carbonyl (C=O) groups excluding carboxylic acids is 2. The monoisotopic (exact) mass is 347 g/mol. The SMILES string of the molecule is CC(C)(C)C1CCC(c2c(C(N)=O)cc([N+](=O)[O-])cc2C(N)=O)CC1. The van der Waals surface area contributed by atoms with Gasteiger partial charge in [0.05, 0.1) is 16.1 Å². The van der Waals surface area contributed by atoms with E-state index in [9.17, 15) is 19.7 Å². The van der Waals surface area contributed by atoms with Gasteiger partial charge >= 0.3 is 0 Å². The summed E-state index contributed by atoms with van der Waals surface area (Å²) in [5.74, 6) is -1.06. The molecule has 136 valence electrons. The molecule has 0 heterocycles. The van der Waals surface area contributed by atoms with Crippen molar-refractivity contribution < 1.29 is 14.5 Å². The molecule has 1 saturated carbocycles. The van der Waals surface area contributed by atoms with Crippen LogP contribution in [-0.4, -0.2) is 16.7 Å². The standard InChI is InChI=1S/C18H25N3O4/c1-18(2,3)11-6-4-10(5-7-11)15-13(16(19)22)8-12(21(24)25)9-14(15)17(20)23/h8-11H,4-7H2,1-3H3,(H2,19,22)(H2,20,23). The van der Waals surface area contributed by atoms with Gasteiger partial charge in [0.2, 0.25) is 11.8 Å².